The molecule has 0 heterocycles. The van der Waals surface area contributed by atoms with E-state index in [1.165, 1.54) is 24.3 Å². The van der Waals surface area contributed by atoms with Crippen molar-refractivity contribution < 1.29 is 10.2 Å². The van der Waals surface area contributed by atoms with Crippen LogP contribution in [0.3, 0.4) is 0 Å². The van der Waals surface area contributed by atoms with Crippen LogP contribution in [0.1, 0.15) is 5.56 Å². The van der Waals surface area contributed by atoms with Crippen molar-refractivity contribution in [1.29, 1.82) is 0 Å². The van der Waals surface area contributed by atoms with Crippen LogP contribution in [0.2, 0.25) is 0 Å². The first-order valence-corrected chi connectivity index (χ1v) is 2.81. The molecule has 1 aromatic rings. The highest BCUT2D eigenvalue weighted by Crippen LogP contribution is 2.22. The van der Waals surface area contributed by atoms with Crippen LogP contribution >= 0.6 is 0 Å². The van der Waals surface area contributed by atoms with Crippen molar-refractivity contribution in [3.8, 4) is 11.5 Å². The average Bonchev–Trinajstić information content (AvgIpc) is 1.94. The minimum Gasteiger partial charge on any atom is -0.508 e. The third-order valence-corrected chi connectivity index (χ3v) is 1.19. The second-order valence-corrected chi connectivity index (χ2v) is 1.91. The molecular formula is C8H7O2. The molecule has 0 spiro atoms. The standard InChI is InChI=1S/C8H7O2/c1-2-6-5-7(9)3-4-8(6)10/h1-5,9-10H. The molecule has 2 nitrogen and oxygen atoms in total. The number of rotatable bonds is 1. The summed E-state index contributed by atoms with van der Waals surface area (Å²) in [5.41, 5.74) is 0.431. The van der Waals surface area contributed by atoms with Crippen LogP contribution in [0.5, 0.6) is 11.5 Å². The first kappa shape index (κ1) is 6.68. The lowest BCUT2D eigenvalue weighted by Crippen LogP contribution is -1.72. The molecule has 0 aliphatic carbocycles. The number of phenolic OH excluding ortho intramolecular Hbond substituents is 2. The van der Waals surface area contributed by atoms with Crippen molar-refractivity contribution in [1.82, 2.24) is 0 Å². The molecule has 0 bridgehead atoms. The van der Waals surface area contributed by atoms with Gasteiger partial charge >= 0.3 is 0 Å². The van der Waals surface area contributed by atoms with Gasteiger partial charge < -0.3 is 10.2 Å². The van der Waals surface area contributed by atoms with E-state index in [-0.39, 0.29) is 11.5 Å². The fourth-order valence-electron chi connectivity index (χ4n) is 0.675. The van der Waals surface area contributed by atoms with Gasteiger partial charge in [0.25, 0.3) is 0 Å². The lowest BCUT2D eigenvalue weighted by Gasteiger charge is -1.97. The van der Waals surface area contributed by atoms with Gasteiger partial charge in [0.15, 0.2) is 0 Å². The molecule has 10 heavy (non-hydrogen) atoms. The second kappa shape index (κ2) is 2.43. The van der Waals surface area contributed by atoms with Crippen LogP contribution in [0.15, 0.2) is 18.2 Å². The summed E-state index contributed by atoms with van der Waals surface area (Å²) >= 11 is 0. The number of hydrogen-bond acceptors (Lipinski definition) is 2. The van der Waals surface area contributed by atoms with Gasteiger partial charge in [0.2, 0.25) is 0 Å². The zero-order valence-electron chi connectivity index (χ0n) is 5.28. The van der Waals surface area contributed by atoms with Crippen molar-refractivity contribution in [2.45, 2.75) is 0 Å². The molecule has 0 saturated heterocycles. The van der Waals surface area contributed by atoms with Crippen molar-refractivity contribution in [3.05, 3.63) is 30.3 Å². The van der Waals surface area contributed by atoms with Crippen molar-refractivity contribution in [2.24, 2.45) is 0 Å². The maximum absolute atomic E-state index is 9.01. The summed E-state index contributed by atoms with van der Waals surface area (Å²) in [6.45, 7) is 5.12. The molecule has 0 aliphatic rings. The Morgan fingerprint density at radius 2 is 2.00 bits per heavy atom. The highest BCUT2D eigenvalue weighted by Gasteiger charge is 1.95. The maximum atomic E-state index is 9.01. The van der Waals surface area contributed by atoms with Gasteiger partial charge in [0.1, 0.15) is 11.5 Å². The summed E-state index contributed by atoms with van der Waals surface area (Å²) in [6, 6.07) is 4.16. The molecule has 0 aromatic heterocycles. The first-order valence-electron chi connectivity index (χ1n) is 2.81. The molecular weight excluding hydrogens is 128 g/mol. The van der Waals surface area contributed by atoms with Crippen LogP contribution in [0.4, 0.5) is 0 Å². The van der Waals surface area contributed by atoms with Gasteiger partial charge in [-0.2, -0.15) is 0 Å². The predicted octanol–water partition coefficient (Wildman–Crippen LogP) is 1.54. The van der Waals surface area contributed by atoms with Gasteiger partial charge in [-0.1, -0.05) is 12.7 Å². The molecule has 2 heteroatoms. The third kappa shape index (κ3) is 1.10. The molecule has 1 rings (SSSR count). The van der Waals surface area contributed by atoms with E-state index in [9.17, 15) is 0 Å². The number of aromatic hydroxyl groups is 2. The number of benzene rings is 1. The Morgan fingerprint density at radius 3 is 2.50 bits per heavy atom. The predicted molar refractivity (Wildman–Crippen MR) is 38.5 cm³/mol. The van der Waals surface area contributed by atoms with Crippen LogP contribution in [-0.4, -0.2) is 10.2 Å². The van der Waals surface area contributed by atoms with Gasteiger partial charge in [-0.05, 0) is 18.2 Å². The van der Waals surface area contributed by atoms with Gasteiger partial charge in [-0.15, -0.1) is 0 Å². The minimum absolute atomic E-state index is 0.0697. The monoisotopic (exact) mass is 135 g/mol. The summed E-state index contributed by atoms with van der Waals surface area (Å²) in [7, 11) is 0. The minimum atomic E-state index is 0.0697. The van der Waals surface area contributed by atoms with Crippen LogP contribution in [-0.2, 0) is 0 Å². The lowest BCUT2D eigenvalue weighted by atomic mass is 10.2. The molecule has 0 fully saturated rings. The van der Waals surface area contributed by atoms with Gasteiger partial charge in [0.05, 0.1) is 0 Å². The van der Waals surface area contributed by atoms with E-state index in [2.05, 4.69) is 0 Å². The Morgan fingerprint density at radius 1 is 1.30 bits per heavy atom. The molecule has 1 radical (unpaired) electrons. The quantitative estimate of drug-likeness (QED) is 0.573. The molecule has 0 saturated carbocycles. The number of phenols is 2. The highest BCUT2D eigenvalue weighted by atomic mass is 16.3. The fraction of sp³-hybridized carbons (Fsp3) is 0. The summed E-state index contributed by atoms with van der Waals surface area (Å²) in [5, 5.41) is 17.9. The highest BCUT2D eigenvalue weighted by molar-refractivity contribution is 5.56. The first-order chi connectivity index (χ1) is 4.74. The van der Waals surface area contributed by atoms with E-state index < -0.39 is 0 Å². The normalized spacial score (nSPS) is 9.20. The molecule has 0 unspecified atom stereocenters. The summed E-state index contributed by atoms with van der Waals surface area (Å²) in [5.74, 6) is 0.162. The van der Waals surface area contributed by atoms with Crippen LogP contribution in [0, 0.1) is 6.58 Å². The Bertz CT molecular complexity index is 253. The zero-order valence-corrected chi connectivity index (χ0v) is 5.28. The van der Waals surface area contributed by atoms with E-state index in [1.807, 2.05) is 0 Å². The Kier molecular flexibility index (Phi) is 1.63. The molecule has 51 valence electrons. The summed E-state index contributed by atoms with van der Waals surface area (Å²) < 4.78 is 0. The maximum Gasteiger partial charge on any atom is 0.123 e. The van der Waals surface area contributed by atoms with Crippen molar-refractivity contribution in [3.63, 3.8) is 0 Å². The second-order valence-electron chi connectivity index (χ2n) is 1.91. The van der Waals surface area contributed by atoms with Gasteiger partial charge in [0, 0.05) is 5.56 Å². The third-order valence-electron chi connectivity index (χ3n) is 1.19. The van der Waals surface area contributed by atoms with E-state index in [0.717, 1.165) is 0 Å². The fourth-order valence-corrected chi connectivity index (χ4v) is 0.675. The van der Waals surface area contributed by atoms with Crippen molar-refractivity contribution >= 4 is 6.08 Å². The summed E-state index contributed by atoms with van der Waals surface area (Å²) in [4.78, 5) is 0. The van der Waals surface area contributed by atoms with E-state index >= 15 is 0 Å². The molecule has 1 aromatic carbocycles. The van der Waals surface area contributed by atoms with Crippen LogP contribution in [0.25, 0.3) is 6.08 Å². The van der Waals surface area contributed by atoms with E-state index in [1.54, 1.807) is 0 Å². The zero-order chi connectivity index (χ0) is 7.56. The molecule has 0 atom stereocenters. The topological polar surface area (TPSA) is 40.5 Å². The molecule has 0 amide bonds. The Hall–Kier alpha value is -1.44. The SMILES string of the molecule is [CH]=Cc1cc(O)ccc1O. The largest absolute Gasteiger partial charge is 0.508 e. The van der Waals surface area contributed by atoms with Gasteiger partial charge in [-0.3, -0.25) is 0 Å². The smallest absolute Gasteiger partial charge is 0.123 e. The van der Waals surface area contributed by atoms with E-state index in [4.69, 9.17) is 16.8 Å². The van der Waals surface area contributed by atoms with Crippen molar-refractivity contribution in [2.75, 3.05) is 0 Å². The number of hydrogen-bond donors (Lipinski definition) is 2. The Labute approximate surface area is 59.1 Å². The van der Waals surface area contributed by atoms with Crippen LogP contribution < -0.4 is 0 Å². The Balaban J connectivity index is 3.21. The molecule has 0 aliphatic heterocycles. The molecule has 2 N–H and O–H groups in total. The summed E-state index contributed by atoms with van der Waals surface area (Å²) in [6.07, 6.45) is 1.23. The van der Waals surface area contributed by atoms with Gasteiger partial charge in [-0.25, -0.2) is 0 Å². The lowest BCUT2D eigenvalue weighted by molar-refractivity contribution is 0.459. The average molecular weight is 135 g/mol. The van der Waals surface area contributed by atoms with E-state index in [0.29, 0.717) is 5.56 Å².